The van der Waals surface area contributed by atoms with Crippen LogP contribution < -0.4 is 16.6 Å². The molecule has 2 amide bonds. The van der Waals surface area contributed by atoms with Crippen molar-refractivity contribution in [3.05, 3.63) is 63.3 Å². The minimum absolute atomic E-state index is 0.0635. The average Bonchev–Trinajstić information content (AvgIpc) is 3.15. The number of benzene rings is 1. The lowest BCUT2D eigenvalue weighted by molar-refractivity contribution is -0.115. The average molecular weight is 469 g/mol. The molecule has 3 N–H and O–H groups in total. The van der Waals surface area contributed by atoms with Gasteiger partial charge in [-0.3, -0.25) is 19.0 Å². The van der Waals surface area contributed by atoms with Gasteiger partial charge in [0.15, 0.2) is 5.16 Å². The summed E-state index contributed by atoms with van der Waals surface area (Å²) in [7, 11) is 0. The topological polar surface area (TPSA) is 107 Å². The highest BCUT2D eigenvalue weighted by atomic mass is 32.2. The Morgan fingerprint density at radius 1 is 1.31 bits per heavy atom. The van der Waals surface area contributed by atoms with Crippen LogP contribution in [0, 0.1) is 0 Å². The van der Waals surface area contributed by atoms with Gasteiger partial charge in [0.05, 0.1) is 10.6 Å². The molecule has 1 aliphatic rings. The Balaban J connectivity index is 1.60. The van der Waals surface area contributed by atoms with E-state index in [0.717, 1.165) is 41.5 Å². The van der Waals surface area contributed by atoms with E-state index >= 15 is 0 Å². The van der Waals surface area contributed by atoms with Crippen LogP contribution in [-0.4, -0.2) is 26.6 Å². The molecule has 1 atom stereocenters. The van der Waals surface area contributed by atoms with Crippen molar-refractivity contribution in [2.24, 2.45) is 5.73 Å². The maximum Gasteiger partial charge on any atom is 0.263 e. The Labute approximate surface area is 193 Å². The minimum atomic E-state index is -0.524. The van der Waals surface area contributed by atoms with Crippen LogP contribution in [-0.2, 0) is 24.2 Å². The number of thiophene rings is 1. The van der Waals surface area contributed by atoms with Crippen molar-refractivity contribution in [3.8, 4) is 0 Å². The van der Waals surface area contributed by atoms with Crippen LogP contribution in [0.1, 0.15) is 40.6 Å². The highest BCUT2D eigenvalue weighted by molar-refractivity contribution is 8.00. The number of hydrogen-bond donors (Lipinski definition) is 2. The first-order valence-electron chi connectivity index (χ1n) is 10.4. The van der Waals surface area contributed by atoms with E-state index in [0.29, 0.717) is 23.0 Å². The normalized spacial score (nSPS) is 14.0. The summed E-state index contributed by atoms with van der Waals surface area (Å²) in [6, 6.07) is 6.38. The molecular formula is C23H24N4O3S2. The molecule has 2 heterocycles. The predicted molar refractivity (Wildman–Crippen MR) is 130 cm³/mol. The number of fused-ring (bicyclic) bond motifs is 3. The van der Waals surface area contributed by atoms with Crippen LogP contribution >= 0.6 is 23.1 Å². The molecule has 0 fully saturated rings. The number of carbonyl (C=O) groups is 2. The zero-order valence-electron chi connectivity index (χ0n) is 17.7. The molecule has 7 nitrogen and oxygen atoms in total. The lowest BCUT2D eigenvalue weighted by atomic mass is 9.97. The second kappa shape index (κ2) is 9.30. The first kappa shape index (κ1) is 22.3. The van der Waals surface area contributed by atoms with Gasteiger partial charge in [-0.05, 0) is 62.4 Å². The van der Waals surface area contributed by atoms with Gasteiger partial charge < -0.3 is 11.1 Å². The second-order valence-corrected chi connectivity index (χ2v) is 10.1. The molecule has 9 heteroatoms. The molecule has 166 valence electrons. The maximum atomic E-state index is 13.3. The summed E-state index contributed by atoms with van der Waals surface area (Å²) in [6.45, 7) is 5.88. The van der Waals surface area contributed by atoms with Crippen molar-refractivity contribution >= 4 is 50.8 Å². The molecule has 3 aromatic rings. The van der Waals surface area contributed by atoms with E-state index < -0.39 is 11.2 Å². The molecule has 1 aromatic carbocycles. The molecule has 0 saturated heterocycles. The zero-order chi connectivity index (χ0) is 22.8. The molecule has 0 unspecified atom stereocenters. The number of nitrogens with zero attached hydrogens (tertiary/aromatic N) is 2. The molecule has 0 spiro atoms. The van der Waals surface area contributed by atoms with Crippen molar-refractivity contribution in [1.82, 2.24) is 9.55 Å². The van der Waals surface area contributed by atoms with Crippen molar-refractivity contribution in [2.75, 3.05) is 5.32 Å². The van der Waals surface area contributed by atoms with Crippen LogP contribution in [0.3, 0.4) is 0 Å². The number of anilines is 1. The number of carbonyl (C=O) groups excluding carboxylic acids is 2. The Hall–Kier alpha value is -2.91. The van der Waals surface area contributed by atoms with E-state index in [2.05, 4.69) is 11.9 Å². The van der Waals surface area contributed by atoms with Gasteiger partial charge in [-0.15, -0.1) is 17.9 Å². The molecular weight excluding hydrogens is 444 g/mol. The molecule has 32 heavy (non-hydrogen) atoms. The molecule has 2 aromatic heterocycles. The number of aromatic nitrogens is 2. The molecule has 0 bridgehead atoms. The van der Waals surface area contributed by atoms with Gasteiger partial charge in [0.2, 0.25) is 11.8 Å². The van der Waals surface area contributed by atoms with Crippen molar-refractivity contribution in [1.29, 1.82) is 0 Å². The number of rotatable bonds is 7. The van der Waals surface area contributed by atoms with Crippen LogP contribution in [0.2, 0.25) is 0 Å². The fourth-order valence-corrected chi connectivity index (χ4v) is 5.99. The number of hydrogen-bond acceptors (Lipinski definition) is 6. The Morgan fingerprint density at radius 3 is 2.72 bits per heavy atom. The quantitative estimate of drug-likeness (QED) is 0.312. The number of primary amides is 1. The summed E-state index contributed by atoms with van der Waals surface area (Å²) in [6.07, 6.45) is 5.81. The number of thioether (sulfide) groups is 1. The summed E-state index contributed by atoms with van der Waals surface area (Å²) >= 11 is 2.84. The highest BCUT2D eigenvalue weighted by Crippen LogP contribution is 2.35. The first-order valence-corrected chi connectivity index (χ1v) is 12.1. The second-order valence-electron chi connectivity index (χ2n) is 7.68. The maximum absolute atomic E-state index is 13.3. The van der Waals surface area contributed by atoms with E-state index in [9.17, 15) is 14.4 Å². The van der Waals surface area contributed by atoms with Crippen LogP contribution in [0.4, 0.5) is 5.69 Å². The summed E-state index contributed by atoms with van der Waals surface area (Å²) in [5.41, 5.74) is 7.27. The summed E-state index contributed by atoms with van der Waals surface area (Å²) in [4.78, 5) is 44.1. The van der Waals surface area contributed by atoms with E-state index in [4.69, 9.17) is 10.7 Å². The fraction of sp³-hybridized carbons (Fsp3) is 0.304. The first-order chi connectivity index (χ1) is 15.4. The lowest BCUT2D eigenvalue weighted by Gasteiger charge is -2.15. The number of aryl methyl sites for hydroxylation is 2. The van der Waals surface area contributed by atoms with Crippen molar-refractivity contribution in [3.63, 3.8) is 0 Å². The number of amides is 2. The number of nitrogens with two attached hydrogens (primary N) is 1. The van der Waals surface area contributed by atoms with Gasteiger partial charge in [-0.1, -0.05) is 17.8 Å². The van der Waals surface area contributed by atoms with E-state index in [-0.39, 0.29) is 11.5 Å². The van der Waals surface area contributed by atoms with Gasteiger partial charge in [0, 0.05) is 22.7 Å². The summed E-state index contributed by atoms with van der Waals surface area (Å²) in [5.74, 6) is -0.754. The van der Waals surface area contributed by atoms with Crippen LogP contribution in [0.15, 0.2) is 46.9 Å². The number of allylic oxidation sites excluding steroid dienone is 1. The Bertz CT molecular complexity index is 1260. The monoisotopic (exact) mass is 468 g/mol. The van der Waals surface area contributed by atoms with Crippen molar-refractivity contribution in [2.45, 2.75) is 49.6 Å². The van der Waals surface area contributed by atoms with E-state index in [1.54, 1.807) is 53.2 Å². The molecule has 4 rings (SSSR count). The lowest BCUT2D eigenvalue weighted by Crippen LogP contribution is -2.27. The third-order valence-electron chi connectivity index (χ3n) is 5.44. The number of nitrogens with one attached hydrogen (secondary N) is 1. The van der Waals surface area contributed by atoms with Crippen LogP contribution in [0.5, 0.6) is 0 Å². The van der Waals surface area contributed by atoms with Gasteiger partial charge in [-0.25, -0.2) is 4.98 Å². The van der Waals surface area contributed by atoms with E-state index in [1.165, 1.54) is 16.6 Å². The molecule has 1 aliphatic carbocycles. The smallest absolute Gasteiger partial charge is 0.263 e. The largest absolute Gasteiger partial charge is 0.366 e. The molecule has 0 saturated carbocycles. The SMILES string of the molecule is C=CCn1c(S[C@@H](C)C(=O)Nc2ccc(C(N)=O)cc2)nc2sc3c(c2c1=O)CCCC3. The highest BCUT2D eigenvalue weighted by Gasteiger charge is 2.24. The summed E-state index contributed by atoms with van der Waals surface area (Å²) in [5, 5.41) is 3.56. The van der Waals surface area contributed by atoms with Crippen molar-refractivity contribution < 1.29 is 9.59 Å². The van der Waals surface area contributed by atoms with Gasteiger partial charge in [0.1, 0.15) is 4.83 Å². The van der Waals surface area contributed by atoms with Gasteiger partial charge in [0.25, 0.3) is 5.56 Å². The zero-order valence-corrected chi connectivity index (χ0v) is 19.4. The predicted octanol–water partition coefficient (Wildman–Crippen LogP) is 3.74. The molecule has 0 aliphatic heterocycles. The minimum Gasteiger partial charge on any atom is -0.366 e. The fourth-order valence-electron chi connectivity index (χ4n) is 3.77. The summed E-state index contributed by atoms with van der Waals surface area (Å²) < 4.78 is 1.60. The standard InChI is InChI=1S/C23H24N4O3S2/c1-3-12-27-22(30)18-16-6-4-5-7-17(16)32-21(18)26-23(27)31-13(2)20(29)25-15-10-8-14(9-11-15)19(24)28/h3,8-11,13H,1,4-7,12H2,2H3,(H2,24,28)(H,25,29)/t13-/m0/s1. The van der Waals surface area contributed by atoms with Crippen LogP contribution in [0.25, 0.3) is 10.2 Å². The molecule has 0 radical (unpaired) electrons. The van der Waals surface area contributed by atoms with Gasteiger partial charge in [-0.2, -0.15) is 0 Å². The van der Waals surface area contributed by atoms with E-state index in [1.807, 2.05) is 0 Å². The Kier molecular flexibility index (Phi) is 6.48. The Morgan fingerprint density at radius 2 is 2.03 bits per heavy atom. The van der Waals surface area contributed by atoms with Gasteiger partial charge >= 0.3 is 0 Å². The third-order valence-corrected chi connectivity index (χ3v) is 7.72. The third kappa shape index (κ3) is 4.35.